The minimum Gasteiger partial charge on any atom is -0.466 e. The van der Waals surface area contributed by atoms with Gasteiger partial charge >= 0.3 is 0 Å². The summed E-state index contributed by atoms with van der Waals surface area (Å²) in [6.07, 6.45) is 8.81. The fraction of sp³-hybridized carbons (Fsp3) is 0.455. The van der Waals surface area contributed by atoms with Gasteiger partial charge in [0.1, 0.15) is 17.7 Å². The minimum absolute atomic E-state index is 0.455. The van der Waals surface area contributed by atoms with Crippen LogP contribution in [0.1, 0.15) is 69.1 Å². The lowest BCUT2D eigenvalue weighted by Gasteiger charge is -2.33. The molecule has 0 atom stereocenters. The Morgan fingerprint density at radius 3 is 2.42 bits per heavy atom. The maximum Gasteiger partial charge on any atom is 0.226 e. The topological polar surface area (TPSA) is 61.0 Å². The molecule has 4 nitrogen and oxygen atoms in total. The zero-order chi connectivity index (χ0) is 18.3. The van der Waals surface area contributed by atoms with E-state index in [4.69, 9.17) is 10.5 Å². The molecule has 0 unspecified atom stereocenters. The Balaban J connectivity index is 1.65. The first kappa shape index (κ1) is 17.1. The van der Waals surface area contributed by atoms with E-state index in [1.165, 1.54) is 37.6 Å². The van der Waals surface area contributed by atoms with E-state index in [1.54, 1.807) is 0 Å². The van der Waals surface area contributed by atoms with E-state index in [2.05, 4.69) is 61.1 Å². The molecule has 2 N–H and O–H groups in total. The summed E-state index contributed by atoms with van der Waals surface area (Å²) >= 11 is 0. The second kappa shape index (κ2) is 6.42. The quantitative estimate of drug-likeness (QED) is 0.823. The third-order valence-electron chi connectivity index (χ3n) is 5.88. The third-order valence-corrected chi connectivity index (χ3v) is 5.88. The molecule has 2 aliphatic rings. The van der Waals surface area contributed by atoms with E-state index in [9.17, 15) is 0 Å². The molecule has 1 aromatic heterocycles. The van der Waals surface area contributed by atoms with Crippen LogP contribution < -0.4 is 10.5 Å². The number of nitrogens with two attached hydrogens (primary N) is 1. The van der Waals surface area contributed by atoms with Crippen molar-refractivity contribution in [1.82, 2.24) is 9.97 Å². The van der Waals surface area contributed by atoms with Gasteiger partial charge in [0.25, 0.3) is 0 Å². The monoisotopic (exact) mass is 349 g/mol. The average molecular weight is 349 g/mol. The highest BCUT2D eigenvalue weighted by Crippen LogP contribution is 2.41. The number of benzene rings is 1. The molecule has 1 aromatic carbocycles. The predicted molar refractivity (Wildman–Crippen MR) is 106 cm³/mol. The number of aromatic nitrogens is 2. The second-order valence-electron chi connectivity index (χ2n) is 8.23. The van der Waals surface area contributed by atoms with Crippen LogP contribution >= 0.6 is 0 Å². The predicted octanol–water partition coefficient (Wildman–Crippen LogP) is 5.06. The molecule has 0 spiro atoms. The summed E-state index contributed by atoms with van der Waals surface area (Å²) < 4.78 is 6.13. The maximum atomic E-state index is 6.13. The first-order chi connectivity index (χ1) is 12.4. The zero-order valence-electron chi connectivity index (χ0n) is 15.8. The fourth-order valence-electron chi connectivity index (χ4n) is 4.18. The van der Waals surface area contributed by atoms with Crippen molar-refractivity contribution in [2.75, 3.05) is 5.73 Å². The molecule has 1 aliphatic heterocycles. The van der Waals surface area contributed by atoms with Crippen LogP contribution in [0.25, 0.3) is 11.6 Å². The molecule has 1 saturated carbocycles. The summed E-state index contributed by atoms with van der Waals surface area (Å²) in [7, 11) is 0. The molecule has 2 aromatic rings. The number of ether oxygens (including phenoxy) is 1. The largest absolute Gasteiger partial charge is 0.466 e. The average Bonchev–Trinajstić information content (AvgIpc) is 2.62. The van der Waals surface area contributed by atoms with Crippen molar-refractivity contribution in [2.24, 2.45) is 5.92 Å². The third kappa shape index (κ3) is 3.09. The van der Waals surface area contributed by atoms with Gasteiger partial charge in [-0.1, -0.05) is 44.0 Å². The highest BCUT2D eigenvalue weighted by molar-refractivity contribution is 5.91. The Kier molecular flexibility index (Phi) is 4.22. The molecule has 0 bridgehead atoms. The molecule has 1 fully saturated rings. The first-order valence-corrected chi connectivity index (χ1v) is 9.56. The van der Waals surface area contributed by atoms with Crippen LogP contribution in [-0.2, 0) is 0 Å². The van der Waals surface area contributed by atoms with Crippen molar-refractivity contribution in [2.45, 2.75) is 58.0 Å². The van der Waals surface area contributed by atoms with E-state index >= 15 is 0 Å². The molecule has 2 heterocycles. The van der Waals surface area contributed by atoms with E-state index in [0.29, 0.717) is 17.6 Å². The smallest absolute Gasteiger partial charge is 0.226 e. The number of anilines is 1. The van der Waals surface area contributed by atoms with Crippen molar-refractivity contribution in [3.8, 4) is 5.88 Å². The van der Waals surface area contributed by atoms with Gasteiger partial charge < -0.3 is 10.5 Å². The van der Waals surface area contributed by atoms with E-state index in [-0.39, 0.29) is 0 Å². The zero-order valence-corrected chi connectivity index (χ0v) is 15.8. The summed E-state index contributed by atoms with van der Waals surface area (Å²) in [4.78, 5) is 8.32. The standard InChI is InChI=1S/C22H27N3O/c1-14-4-6-15(7-5-14)16-8-10-17(11-9-16)19-12-18-20(23)24-13-25-21(18)26-22(19,2)3/h8-15H,4-7H2,1-3H3,(H2,23,24,25). The summed E-state index contributed by atoms with van der Waals surface area (Å²) in [6, 6.07) is 9.01. The number of nitrogens with zero attached hydrogens (tertiary/aromatic N) is 2. The SMILES string of the molecule is CC1CCC(c2ccc(C3=Cc4c(N)ncnc4OC3(C)C)cc2)CC1. The van der Waals surface area contributed by atoms with E-state index in [0.717, 1.165) is 22.6 Å². The number of fused-ring (bicyclic) bond motifs is 1. The van der Waals surface area contributed by atoms with Gasteiger partial charge in [-0.2, -0.15) is 0 Å². The molecule has 0 amide bonds. The summed E-state index contributed by atoms with van der Waals surface area (Å²) in [5.74, 6) is 2.59. The Labute approximate surface area is 155 Å². The van der Waals surface area contributed by atoms with Gasteiger partial charge in [0.2, 0.25) is 5.88 Å². The Bertz CT molecular complexity index is 831. The van der Waals surface area contributed by atoms with Crippen molar-refractivity contribution in [3.05, 3.63) is 47.3 Å². The van der Waals surface area contributed by atoms with Crippen LogP contribution in [0.2, 0.25) is 0 Å². The molecule has 4 rings (SSSR count). The van der Waals surface area contributed by atoms with Crippen molar-refractivity contribution in [1.29, 1.82) is 0 Å². The van der Waals surface area contributed by atoms with Crippen LogP contribution in [0.15, 0.2) is 30.6 Å². The van der Waals surface area contributed by atoms with Crippen LogP contribution in [-0.4, -0.2) is 15.6 Å². The normalized spacial score (nSPS) is 24.3. The van der Waals surface area contributed by atoms with Gasteiger partial charge in [-0.05, 0) is 55.7 Å². The molecular formula is C22H27N3O. The van der Waals surface area contributed by atoms with Gasteiger partial charge in [-0.15, -0.1) is 0 Å². The van der Waals surface area contributed by atoms with Crippen molar-refractivity contribution in [3.63, 3.8) is 0 Å². The molecule has 26 heavy (non-hydrogen) atoms. The number of rotatable bonds is 2. The Morgan fingerprint density at radius 1 is 1.04 bits per heavy atom. The van der Waals surface area contributed by atoms with Gasteiger partial charge in [-0.25, -0.2) is 9.97 Å². The molecule has 0 radical (unpaired) electrons. The maximum absolute atomic E-state index is 6.13. The van der Waals surface area contributed by atoms with Gasteiger partial charge in [0.15, 0.2) is 0 Å². The molecule has 136 valence electrons. The minimum atomic E-state index is -0.463. The van der Waals surface area contributed by atoms with Crippen LogP contribution in [0.4, 0.5) is 5.82 Å². The lowest BCUT2D eigenvalue weighted by molar-refractivity contribution is 0.161. The van der Waals surface area contributed by atoms with E-state index < -0.39 is 5.60 Å². The Hall–Kier alpha value is -2.36. The van der Waals surface area contributed by atoms with Crippen LogP contribution in [0.3, 0.4) is 0 Å². The fourth-order valence-corrected chi connectivity index (χ4v) is 4.18. The number of hydrogen-bond acceptors (Lipinski definition) is 4. The highest BCUT2D eigenvalue weighted by atomic mass is 16.5. The van der Waals surface area contributed by atoms with Gasteiger partial charge in [-0.3, -0.25) is 0 Å². The second-order valence-corrected chi connectivity index (χ2v) is 8.23. The first-order valence-electron chi connectivity index (χ1n) is 9.56. The molecule has 1 aliphatic carbocycles. The molecule has 4 heteroatoms. The Morgan fingerprint density at radius 2 is 1.73 bits per heavy atom. The van der Waals surface area contributed by atoms with Crippen LogP contribution in [0, 0.1) is 5.92 Å². The van der Waals surface area contributed by atoms with Crippen molar-refractivity contribution < 1.29 is 4.74 Å². The lowest BCUT2D eigenvalue weighted by atomic mass is 9.79. The van der Waals surface area contributed by atoms with Gasteiger partial charge in [0.05, 0.1) is 5.56 Å². The molecular weight excluding hydrogens is 322 g/mol. The van der Waals surface area contributed by atoms with Gasteiger partial charge in [0, 0.05) is 5.57 Å². The highest BCUT2D eigenvalue weighted by Gasteiger charge is 2.33. The van der Waals surface area contributed by atoms with Crippen LogP contribution in [0.5, 0.6) is 5.88 Å². The van der Waals surface area contributed by atoms with E-state index in [1.807, 2.05) is 0 Å². The number of hydrogen-bond donors (Lipinski definition) is 1. The summed E-state index contributed by atoms with van der Waals surface area (Å²) in [6.45, 7) is 6.50. The summed E-state index contributed by atoms with van der Waals surface area (Å²) in [5, 5.41) is 0. The molecule has 0 saturated heterocycles. The summed E-state index contributed by atoms with van der Waals surface area (Å²) in [5.41, 5.74) is 10.1. The number of nitrogen functional groups attached to an aromatic ring is 1. The van der Waals surface area contributed by atoms with Crippen molar-refractivity contribution >= 4 is 17.5 Å². The lowest BCUT2D eigenvalue weighted by Crippen LogP contribution is -2.33.